The van der Waals surface area contributed by atoms with E-state index < -0.39 is 0 Å². The molecule has 116 valence electrons. The summed E-state index contributed by atoms with van der Waals surface area (Å²) in [6, 6.07) is 15.9. The number of nitrogens with zero attached hydrogens (tertiary/aromatic N) is 2. The summed E-state index contributed by atoms with van der Waals surface area (Å²) in [6.45, 7) is 0.0471. The van der Waals surface area contributed by atoms with Crippen molar-refractivity contribution in [2.45, 2.75) is 0 Å². The number of hydrogen-bond acceptors (Lipinski definition) is 4. The molecule has 0 spiro atoms. The maximum absolute atomic E-state index is 12.1. The fourth-order valence-corrected chi connectivity index (χ4v) is 2.94. The second-order valence-corrected chi connectivity index (χ2v) is 6.06. The van der Waals surface area contributed by atoms with Crippen molar-refractivity contribution < 1.29 is 9.59 Å². The zero-order valence-corrected chi connectivity index (χ0v) is 13.5. The summed E-state index contributed by atoms with van der Waals surface area (Å²) in [4.78, 5) is 29.7. The molecule has 1 aliphatic rings. The number of carbonyl (C=O) groups excluding carboxylic acids is 2. The maximum atomic E-state index is 12.1. The van der Waals surface area contributed by atoms with E-state index in [2.05, 4.69) is 10.3 Å². The predicted molar refractivity (Wildman–Crippen MR) is 94.3 cm³/mol. The second kappa shape index (κ2) is 6.85. The molecule has 1 aliphatic heterocycles. The number of nitrogens with one attached hydrogen (secondary N) is 1. The van der Waals surface area contributed by atoms with Crippen molar-refractivity contribution in [3.63, 3.8) is 0 Å². The highest BCUT2D eigenvalue weighted by molar-refractivity contribution is 8.26. The number of rotatable bonds is 2. The minimum atomic E-state index is -0.318. The van der Waals surface area contributed by atoms with Crippen molar-refractivity contribution in [3.05, 3.63) is 59.6 Å². The Morgan fingerprint density at radius 2 is 1.83 bits per heavy atom. The topological polar surface area (TPSA) is 61.8 Å². The first kappa shape index (κ1) is 15.6. The average molecular weight is 346 g/mol. The minimum Gasteiger partial charge on any atom is -0.316 e. The van der Waals surface area contributed by atoms with Gasteiger partial charge in [-0.05, 0) is 36.4 Å². The Morgan fingerprint density at radius 1 is 1.13 bits per heavy atom. The van der Waals surface area contributed by atoms with Gasteiger partial charge in [-0.15, -0.1) is 0 Å². The molecule has 5 nitrogen and oxygen atoms in total. The molecule has 0 aromatic heterocycles. The molecule has 0 aliphatic carbocycles. The van der Waals surface area contributed by atoms with Gasteiger partial charge in [0, 0.05) is 22.5 Å². The molecule has 23 heavy (non-hydrogen) atoms. The Hall–Kier alpha value is -2.31. The highest BCUT2D eigenvalue weighted by atomic mass is 35.5. The van der Waals surface area contributed by atoms with Gasteiger partial charge in [-0.3, -0.25) is 19.5 Å². The zero-order chi connectivity index (χ0) is 16.2. The van der Waals surface area contributed by atoms with Crippen molar-refractivity contribution in [1.82, 2.24) is 0 Å². The molecule has 3 rings (SSSR count). The van der Waals surface area contributed by atoms with Gasteiger partial charge in [-0.2, -0.15) is 0 Å². The smallest absolute Gasteiger partial charge is 0.291 e. The number of para-hydroxylation sites is 1. The van der Waals surface area contributed by atoms with Crippen molar-refractivity contribution in [2.75, 3.05) is 16.8 Å². The van der Waals surface area contributed by atoms with E-state index in [0.29, 0.717) is 21.6 Å². The highest BCUT2D eigenvalue weighted by Crippen LogP contribution is 2.25. The second-order valence-electron chi connectivity index (χ2n) is 4.68. The van der Waals surface area contributed by atoms with Crippen LogP contribution in [0.4, 0.5) is 16.2 Å². The summed E-state index contributed by atoms with van der Waals surface area (Å²) in [5.74, 6) is -0.155. The van der Waals surface area contributed by atoms with E-state index in [1.165, 1.54) is 4.90 Å². The quantitative estimate of drug-likeness (QED) is 0.894. The highest BCUT2D eigenvalue weighted by Gasteiger charge is 2.29. The third-order valence-corrected chi connectivity index (χ3v) is 4.11. The minimum absolute atomic E-state index is 0.0471. The van der Waals surface area contributed by atoms with Crippen molar-refractivity contribution in [2.24, 2.45) is 4.99 Å². The number of amidine groups is 1. The fourth-order valence-electron chi connectivity index (χ4n) is 2.05. The summed E-state index contributed by atoms with van der Waals surface area (Å²) >= 11 is 6.69. The van der Waals surface area contributed by atoms with Crippen LogP contribution in [-0.2, 0) is 4.79 Å². The van der Waals surface area contributed by atoms with Gasteiger partial charge in [0.2, 0.25) is 0 Å². The van der Waals surface area contributed by atoms with Crippen LogP contribution in [0.5, 0.6) is 0 Å². The van der Waals surface area contributed by atoms with E-state index in [1.807, 2.05) is 18.2 Å². The number of anilines is 2. The number of hydrogen-bond donors (Lipinski definition) is 1. The van der Waals surface area contributed by atoms with E-state index in [9.17, 15) is 9.59 Å². The molecule has 1 N–H and O–H groups in total. The van der Waals surface area contributed by atoms with Crippen molar-refractivity contribution in [1.29, 1.82) is 0 Å². The summed E-state index contributed by atoms with van der Waals surface area (Å²) in [6.07, 6.45) is 0. The van der Waals surface area contributed by atoms with E-state index in [-0.39, 0.29) is 17.7 Å². The largest absolute Gasteiger partial charge is 0.316 e. The number of benzene rings is 2. The molecular weight excluding hydrogens is 334 g/mol. The normalized spacial score (nSPS) is 13.9. The maximum Gasteiger partial charge on any atom is 0.291 e. The van der Waals surface area contributed by atoms with Gasteiger partial charge < -0.3 is 5.32 Å². The molecule has 2 aromatic rings. The Balaban J connectivity index is 1.70. The van der Waals surface area contributed by atoms with Crippen LogP contribution >= 0.6 is 23.4 Å². The predicted octanol–water partition coefficient (Wildman–Crippen LogP) is 4.01. The Bertz CT molecular complexity index is 763. The van der Waals surface area contributed by atoms with Gasteiger partial charge in [-0.25, -0.2) is 0 Å². The van der Waals surface area contributed by atoms with Crippen molar-refractivity contribution >= 4 is 51.1 Å². The zero-order valence-electron chi connectivity index (χ0n) is 11.9. The first-order valence-electron chi connectivity index (χ1n) is 6.80. The molecule has 1 heterocycles. The first-order valence-corrected chi connectivity index (χ1v) is 8.00. The summed E-state index contributed by atoms with van der Waals surface area (Å²) in [5, 5.41) is 3.37. The van der Waals surface area contributed by atoms with Crippen LogP contribution in [-0.4, -0.2) is 22.9 Å². The standard InChI is InChI=1S/C16H12ClN3O2S/c17-11-6-8-12(9-7-11)19-16(22)23-15-18-10-14(21)20(15)13-4-2-1-3-5-13/h1-9H,10H2,(H,19,22). The van der Waals surface area contributed by atoms with Crippen molar-refractivity contribution in [3.8, 4) is 0 Å². The Morgan fingerprint density at radius 3 is 2.52 bits per heavy atom. The lowest BCUT2D eigenvalue weighted by Gasteiger charge is -2.17. The van der Waals surface area contributed by atoms with Gasteiger partial charge in [0.15, 0.2) is 5.17 Å². The van der Waals surface area contributed by atoms with Gasteiger partial charge in [0.1, 0.15) is 6.54 Å². The fraction of sp³-hybridized carbons (Fsp3) is 0.0625. The Kier molecular flexibility index (Phi) is 4.64. The third-order valence-electron chi connectivity index (χ3n) is 3.08. The monoisotopic (exact) mass is 345 g/mol. The number of thioether (sulfide) groups is 1. The molecule has 0 saturated heterocycles. The lowest BCUT2D eigenvalue weighted by atomic mass is 10.3. The lowest BCUT2D eigenvalue weighted by Crippen LogP contribution is -2.31. The molecular formula is C16H12ClN3O2S. The Labute approximate surface area is 142 Å². The number of aliphatic imine (C=N–C) groups is 1. The lowest BCUT2D eigenvalue weighted by molar-refractivity contribution is -0.115. The van der Waals surface area contributed by atoms with Crippen LogP contribution in [0.25, 0.3) is 0 Å². The van der Waals surface area contributed by atoms with Gasteiger partial charge in [0.25, 0.3) is 11.1 Å². The van der Waals surface area contributed by atoms with E-state index >= 15 is 0 Å². The summed E-state index contributed by atoms with van der Waals surface area (Å²) < 4.78 is 0. The molecule has 0 atom stereocenters. The van der Waals surface area contributed by atoms with Crippen LogP contribution in [0.3, 0.4) is 0 Å². The molecule has 0 saturated carbocycles. The van der Waals surface area contributed by atoms with Crippen LogP contribution in [0.1, 0.15) is 0 Å². The molecule has 0 unspecified atom stereocenters. The number of halogens is 1. The van der Waals surface area contributed by atoms with Crippen LogP contribution < -0.4 is 10.2 Å². The summed E-state index contributed by atoms with van der Waals surface area (Å²) in [7, 11) is 0. The SMILES string of the molecule is O=C(Nc1ccc(Cl)cc1)SC1=NCC(=O)N1c1ccccc1. The van der Waals surface area contributed by atoms with Gasteiger partial charge >= 0.3 is 0 Å². The molecule has 0 radical (unpaired) electrons. The average Bonchev–Trinajstić information content (AvgIpc) is 2.91. The third kappa shape index (κ3) is 3.72. The number of carbonyl (C=O) groups is 2. The molecule has 0 bridgehead atoms. The number of amides is 2. The van der Waals surface area contributed by atoms with Crippen LogP contribution in [0.2, 0.25) is 5.02 Å². The molecule has 2 amide bonds. The molecule has 2 aromatic carbocycles. The van der Waals surface area contributed by atoms with Crippen LogP contribution in [0.15, 0.2) is 59.6 Å². The van der Waals surface area contributed by atoms with Crippen LogP contribution in [0, 0.1) is 0 Å². The van der Waals surface area contributed by atoms with E-state index in [4.69, 9.17) is 11.6 Å². The summed E-state index contributed by atoms with van der Waals surface area (Å²) in [5.41, 5.74) is 1.32. The molecule has 7 heteroatoms. The van der Waals surface area contributed by atoms with Gasteiger partial charge in [-0.1, -0.05) is 29.8 Å². The van der Waals surface area contributed by atoms with Gasteiger partial charge in [0.05, 0.1) is 5.69 Å². The molecule has 0 fully saturated rings. The van der Waals surface area contributed by atoms with E-state index in [0.717, 1.165) is 11.8 Å². The first-order chi connectivity index (χ1) is 11.1. The van der Waals surface area contributed by atoms with E-state index in [1.54, 1.807) is 36.4 Å².